The molecule has 2 heteroatoms. The predicted octanol–water partition coefficient (Wildman–Crippen LogP) is 6.15. The van der Waals surface area contributed by atoms with Gasteiger partial charge in [-0.3, -0.25) is 0 Å². The molecule has 1 nitrogen and oxygen atoms in total. The summed E-state index contributed by atoms with van der Waals surface area (Å²) in [5.74, 6) is 2.24. The van der Waals surface area contributed by atoms with Crippen molar-refractivity contribution >= 4 is 0 Å². The zero-order valence-electron chi connectivity index (χ0n) is 14.2. The van der Waals surface area contributed by atoms with Gasteiger partial charge in [0.05, 0.1) is 7.11 Å². The van der Waals surface area contributed by atoms with Gasteiger partial charge in [0.1, 0.15) is 11.6 Å². The third-order valence-electron chi connectivity index (χ3n) is 5.26. The monoisotopic (exact) mass is 306 g/mol. The van der Waals surface area contributed by atoms with Gasteiger partial charge >= 0.3 is 0 Å². The van der Waals surface area contributed by atoms with Crippen LogP contribution in [-0.2, 0) is 6.42 Å². The number of aryl methyl sites for hydroxylation is 1. The van der Waals surface area contributed by atoms with Crippen LogP contribution >= 0.6 is 0 Å². The number of halogens is 1. The van der Waals surface area contributed by atoms with E-state index in [9.17, 15) is 4.39 Å². The van der Waals surface area contributed by atoms with E-state index in [2.05, 4.69) is 6.92 Å². The van der Waals surface area contributed by atoms with Gasteiger partial charge in [-0.15, -0.1) is 0 Å². The second kappa shape index (κ2) is 9.17. The molecule has 1 fully saturated rings. The molecule has 1 saturated carbocycles. The molecule has 0 amide bonds. The van der Waals surface area contributed by atoms with Crippen molar-refractivity contribution in [2.24, 2.45) is 11.8 Å². The number of hydrogen-bond donors (Lipinski definition) is 0. The van der Waals surface area contributed by atoms with Crippen LogP contribution in [0.5, 0.6) is 5.75 Å². The van der Waals surface area contributed by atoms with Crippen LogP contribution in [0.25, 0.3) is 0 Å². The first kappa shape index (κ1) is 17.3. The largest absolute Gasteiger partial charge is 0.497 e. The number of benzene rings is 1. The van der Waals surface area contributed by atoms with Crippen molar-refractivity contribution in [1.29, 1.82) is 0 Å². The van der Waals surface area contributed by atoms with Crippen molar-refractivity contribution in [3.05, 3.63) is 29.6 Å². The summed E-state index contributed by atoms with van der Waals surface area (Å²) in [5.41, 5.74) is 0.839. The summed E-state index contributed by atoms with van der Waals surface area (Å²) in [6, 6.07) is 5.24. The highest BCUT2D eigenvalue weighted by molar-refractivity contribution is 5.28. The van der Waals surface area contributed by atoms with Gasteiger partial charge < -0.3 is 4.74 Å². The zero-order chi connectivity index (χ0) is 15.8. The van der Waals surface area contributed by atoms with Gasteiger partial charge in [-0.05, 0) is 36.3 Å². The molecule has 2 rings (SSSR count). The molecule has 0 aromatic heterocycles. The van der Waals surface area contributed by atoms with Gasteiger partial charge in [0.15, 0.2) is 0 Å². The molecule has 124 valence electrons. The maximum atomic E-state index is 13.9. The van der Waals surface area contributed by atoms with Crippen LogP contribution in [0, 0.1) is 17.7 Å². The van der Waals surface area contributed by atoms with E-state index in [-0.39, 0.29) is 5.82 Å². The lowest BCUT2D eigenvalue weighted by Gasteiger charge is -2.28. The maximum absolute atomic E-state index is 13.9. The molecule has 0 spiro atoms. The average molecular weight is 306 g/mol. The summed E-state index contributed by atoms with van der Waals surface area (Å²) >= 11 is 0. The molecule has 1 aromatic rings. The standard InChI is InChI=1S/C20H31FO/c1-3-4-5-6-16-7-9-17(10-8-16)11-12-18-13-14-19(22-2)15-20(18)21/h13-17H,3-12H2,1-2H3/t16-,17-. The SMILES string of the molecule is CCCCC[C@H]1CC[C@H](CCc2ccc(OC)cc2F)CC1. The summed E-state index contributed by atoms with van der Waals surface area (Å²) < 4.78 is 19.0. The molecule has 0 unspecified atom stereocenters. The van der Waals surface area contributed by atoms with E-state index < -0.39 is 0 Å². The Morgan fingerprint density at radius 1 is 1.05 bits per heavy atom. The first-order valence-corrected chi connectivity index (χ1v) is 9.05. The van der Waals surface area contributed by atoms with Gasteiger partial charge in [-0.2, -0.15) is 0 Å². The molecule has 0 aliphatic heterocycles. The van der Waals surface area contributed by atoms with Crippen molar-refractivity contribution in [3.8, 4) is 5.75 Å². The highest BCUT2D eigenvalue weighted by Gasteiger charge is 2.21. The summed E-state index contributed by atoms with van der Waals surface area (Å²) in [5, 5.41) is 0. The highest BCUT2D eigenvalue weighted by atomic mass is 19.1. The molecule has 1 aliphatic carbocycles. The second-order valence-corrected chi connectivity index (χ2v) is 6.88. The smallest absolute Gasteiger partial charge is 0.130 e. The van der Waals surface area contributed by atoms with Crippen LogP contribution in [0.15, 0.2) is 18.2 Å². The third-order valence-corrected chi connectivity index (χ3v) is 5.26. The lowest BCUT2D eigenvalue weighted by Crippen LogP contribution is -2.15. The van der Waals surface area contributed by atoms with Crippen LogP contribution in [0.2, 0.25) is 0 Å². The van der Waals surface area contributed by atoms with Gasteiger partial charge in [-0.1, -0.05) is 64.4 Å². The van der Waals surface area contributed by atoms with Crippen molar-refractivity contribution in [2.45, 2.75) is 71.1 Å². The number of ether oxygens (including phenoxy) is 1. The van der Waals surface area contributed by atoms with Gasteiger partial charge in [-0.25, -0.2) is 4.39 Å². The fourth-order valence-electron chi connectivity index (χ4n) is 3.71. The second-order valence-electron chi connectivity index (χ2n) is 6.88. The van der Waals surface area contributed by atoms with E-state index in [0.29, 0.717) is 5.75 Å². The molecule has 0 bridgehead atoms. The Morgan fingerprint density at radius 2 is 1.73 bits per heavy atom. The van der Waals surface area contributed by atoms with Crippen LogP contribution < -0.4 is 4.74 Å². The van der Waals surface area contributed by atoms with Crippen molar-refractivity contribution < 1.29 is 9.13 Å². The van der Waals surface area contributed by atoms with E-state index in [4.69, 9.17) is 4.74 Å². The lowest BCUT2D eigenvalue weighted by atomic mass is 9.78. The summed E-state index contributed by atoms with van der Waals surface area (Å²) in [6.07, 6.45) is 13.0. The van der Waals surface area contributed by atoms with Crippen molar-refractivity contribution in [3.63, 3.8) is 0 Å². The van der Waals surface area contributed by atoms with Crippen molar-refractivity contribution in [1.82, 2.24) is 0 Å². The average Bonchev–Trinajstić information content (AvgIpc) is 2.55. The topological polar surface area (TPSA) is 9.23 Å². The number of rotatable bonds is 8. The van der Waals surface area contributed by atoms with Gasteiger partial charge in [0.2, 0.25) is 0 Å². The minimum atomic E-state index is -0.118. The molecule has 0 radical (unpaired) electrons. The van der Waals surface area contributed by atoms with Crippen LogP contribution in [-0.4, -0.2) is 7.11 Å². The van der Waals surface area contributed by atoms with E-state index >= 15 is 0 Å². The first-order valence-electron chi connectivity index (χ1n) is 9.05. The summed E-state index contributed by atoms with van der Waals surface area (Å²) in [4.78, 5) is 0. The molecule has 0 heterocycles. The Bertz CT molecular complexity index is 435. The fraction of sp³-hybridized carbons (Fsp3) is 0.700. The predicted molar refractivity (Wildman–Crippen MR) is 90.9 cm³/mol. The Balaban J connectivity index is 1.70. The van der Waals surface area contributed by atoms with Gasteiger partial charge in [0.25, 0.3) is 0 Å². The molecule has 0 N–H and O–H groups in total. The minimum absolute atomic E-state index is 0.118. The quantitative estimate of drug-likeness (QED) is 0.523. The third kappa shape index (κ3) is 5.30. The number of unbranched alkanes of at least 4 members (excludes halogenated alkanes) is 2. The van der Waals surface area contributed by atoms with Crippen LogP contribution in [0.4, 0.5) is 4.39 Å². The van der Waals surface area contributed by atoms with E-state index in [1.807, 2.05) is 12.1 Å². The van der Waals surface area contributed by atoms with E-state index in [0.717, 1.165) is 30.2 Å². The summed E-state index contributed by atoms with van der Waals surface area (Å²) in [7, 11) is 1.58. The fourth-order valence-corrected chi connectivity index (χ4v) is 3.71. The normalized spacial score (nSPS) is 21.8. The Hall–Kier alpha value is -1.05. The zero-order valence-corrected chi connectivity index (χ0v) is 14.2. The first-order chi connectivity index (χ1) is 10.7. The Kier molecular flexibility index (Phi) is 7.21. The highest BCUT2D eigenvalue weighted by Crippen LogP contribution is 2.34. The van der Waals surface area contributed by atoms with Gasteiger partial charge in [0, 0.05) is 6.07 Å². The molecular weight excluding hydrogens is 275 g/mol. The van der Waals surface area contributed by atoms with Crippen molar-refractivity contribution in [2.75, 3.05) is 7.11 Å². The Labute approximate surface area is 135 Å². The molecule has 22 heavy (non-hydrogen) atoms. The maximum Gasteiger partial charge on any atom is 0.130 e. The van der Waals surface area contributed by atoms with E-state index in [1.165, 1.54) is 57.4 Å². The van der Waals surface area contributed by atoms with Crippen LogP contribution in [0.3, 0.4) is 0 Å². The molecule has 1 aliphatic rings. The molecule has 0 saturated heterocycles. The lowest BCUT2D eigenvalue weighted by molar-refractivity contribution is 0.248. The minimum Gasteiger partial charge on any atom is -0.497 e. The van der Waals surface area contributed by atoms with Crippen LogP contribution in [0.1, 0.15) is 70.3 Å². The number of methoxy groups -OCH3 is 1. The number of hydrogen-bond acceptors (Lipinski definition) is 1. The summed E-state index contributed by atoms with van der Waals surface area (Å²) in [6.45, 7) is 2.27. The molecular formula is C20H31FO. The van der Waals surface area contributed by atoms with E-state index in [1.54, 1.807) is 7.11 Å². The Morgan fingerprint density at radius 3 is 2.32 bits per heavy atom. The molecule has 1 aromatic carbocycles. The molecule has 0 atom stereocenters.